The first-order chi connectivity index (χ1) is 15.2. The Kier molecular flexibility index (Phi) is 5.22. The molecule has 0 bridgehead atoms. The van der Waals surface area contributed by atoms with Gasteiger partial charge in [-0.15, -0.1) is 11.3 Å². The SMILES string of the molecule is Cc1csc(NC(=O)CCCc2c(-c3ccc4ccccc4n3)[nH]c3ccccc23)n1. The van der Waals surface area contributed by atoms with Crippen LogP contribution in [0.4, 0.5) is 5.13 Å². The Morgan fingerprint density at radius 3 is 2.74 bits per heavy atom. The third kappa shape index (κ3) is 4.07. The molecule has 5 aromatic rings. The number of nitrogens with one attached hydrogen (secondary N) is 2. The Balaban J connectivity index is 1.40. The number of carbonyl (C=O) groups is 1. The van der Waals surface area contributed by atoms with Crippen LogP contribution in [-0.2, 0) is 11.2 Å². The van der Waals surface area contributed by atoms with Crippen LogP contribution in [0.5, 0.6) is 0 Å². The van der Waals surface area contributed by atoms with Gasteiger partial charge in [0.1, 0.15) is 0 Å². The number of amides is 1. The quantitative estimate of drug-likeness (QED) is 0.344. The van der Waals surface area contributed by atoms with E-state index in [4.69, 9.17) is 4.98 Å². The highest BCUT2D eigenvalue weighted by Crippen LogP contribution is 2.31. The lowest BCUT2D eigenvalue weighted by molar-refractivity contribution is -0.116. The van der Waals surface area contributed by atoms with E-state index in [9.17, 15) is 4.79 Å². The standard InChI is InChI=1S/C25H22N4OS/c1-16-15-31-25(26-16)29-23(30)12-6-9-19-18-8-3-5-11-21(18)28-24(19)22-14-13-17-7-2-4-10-20(17)27-22/h2-5,7-8,10-11,13-15,28H,6,9,12H2,1H3,(H,26,29,30). The fourth-order valence-corrected chi connectivity index (χ4v) is 4.61. The number of aryl methyl sites for hydroxylation is 2. The van der Waals surface area contributed by atoms with Crippen molar-refractivity contribution in [3.8, 4) is 11.4 Å². The number of carbonyl (C=O) groups excluding carboxylic acids is 1. The van der Waals surface area contributed by atoms with Crippen LogP contribution in [0.25, 0.3) is 33.2 Å². The van der Waals surface area contributed by atoms with Crippen molar-refractivity contribution < 1.29 is 4.79 Å². The van der Waals surface area contributed by atoms with Crippen LogP contribution in [0.2, 0.25) is 0 Å². The minimum Gasteiger partial charge on any atom is -0.353 e. The molecule has 0 saturated carbocycles. The smallest absolute Gasteiger partial charge is 0.226 e. The van der Waals surface area contributed by atoms with E-state index in [1.54, 1.807) is 0 Å². The first-order valence-electron chi connectivity index (χ1n) is 10.3. The highest BCUT2D eigenvalue weighted by atomic mass is 32.1. The van der Waals surface area contributed by atoms with Gasteiger partial charge in [0, 0.05) is 28.1 Å². The molecule has 0 unspecified atom stereocenters. The van der Waals surface area contributed by atoms with Crippen molar-refractivity contribution in [3.63, 3.8) is 0 Å². The van der Waals surface area contributed by atoms with Crippen LogP contribution >= 0.6 is 11.3 Å². The number of hydrogen-bond donors (Lipinski definition) is 2. The highest BCUT2D eigenvalue weighted by molar-refractivity contribution is 7.13. The predicted molar refractivity (Wildman–Crippen MR) is 127 cm³/mol. The number of nitrogens with zero attached hydrogens (tertiary/aromatic N) is 2. The van der Waals surface area contributed by atoms with Gasteiger partial charge in [0.2, 0.25) is 5.91 Å². The zero-order valence-corrected chi connectivity index (χ0v) is 18.0. The van der Waals surface area contributed by atoms with E-state index in [1.165, 1.54) is 22.3 Å². The van der Waals surface area contributed by atoms with Crippen molar-refractivity contribution in [2.45, 2.75) is 26.2 Å². The number of pyridine rings is 1. The minimum absolute atomic E-state index is 0.000397. The van der Waals surface area contributed by atoms with Gasteiger partial charge in [-0.2, -0.15) is 0 Å². The number of aromatic amines is 1. The molecular weight excluding hydrogens is 404 g/mol. The van der Waals surface area contributed by atoms with Crippen LogP contribution in [0.15, 0.2) is 66.0 Å². The van der Waals surface area contributed by atoms with Crippen molar-refractivity contribution in [3.05, 3.63) is 77.3 Å². The second-order valence-corrected chi connectivity index (χ2v) is 8.47. The molecule has 2 aromatic carbocycles. The Bertz CT molecular complexity index is 1380. The Labute approximate surface area is 184 Å². The van der Waals surface area contributed by atoms with E-state index in [0.717, 1.165) is 46.3 Å². The number of thiazole rings is 1. The van der Waals surface area contributed by atoms with E-state index in [2.05, 4.69) is 51.7 Å². The zero-order valence-electron chi connectivity index (χ0n) is 17.2. The van der Waals surface area contributed by atoms with E-state index in [1.807, 2.05) is 36.6 Å². The van der Waals surface area contributed by atoms with Crippen LogP contribution in [0, 0.1) is 6.92 Å². The lowest BCUT2D eigenvalue weighted by Crippen LogP contribution is -2.11. The summed E-state index contributed by atoms with van der Waals surface area (Å²) in [5.74, 6) is -0.000397. The zero-order chi connectivity index (χ0) is 21.2. The monoisotopic (exact) mass is 426 g/mol. The van der Waals surface area contributed by atoms with Crippen molar-refractivity contribution in [2.75, 3.05) is 5.32 Å². The van der Waals surface area contributed by atoms with Gasteiger partial charge in [-0.05, 0) is 43.5 Å². The van der Waals surface area contributed by atoms with E-state index < -0.39 is 0 Å². The third-order valence-corrected chi connectivity index (χ3v) is 6.24. The number of rotatable bonds is 6. The number of hydrogen-bond acceptors (Lipinski definition) is 4. The van der Waals surface area contributed by atoms with E-state index in [-0.39, 0.29) is 5.91 Å². The Hall–Kier alpha value is -3.51. The molecular formula is C25H22N4OS. The number of benzene rings is 2. The molecule has 154 valence electrons. The molecule has 3 aromatic heterocycles. The van der Waals surface area contributed by atoms with Gasteiger partial charge in [0.25, 0.3) is 0 Å². The second-order valence-electron chi connectivity index (χ2n) is 7.61. The van der Waals surface area contributed by atoms with Crippen molar-refractivity contribution in [1.82, 2.24) is 15.0 Å². The summed E-state index contributed by atoms with van der Waals surface area (Å²) in [4.78, 5) is 25.1. The number of para-hydroxylation sites is 2. The summed E-state index contributed by atoms with van der Waals surface area (Å²) in [5.41, 5.74) is 6.14. The maximum Gasteiger partial charge on any atom is 0.226 e. The van der Waals surface area contributed by atoms with Crippen LogP contribution in [-0.4, -0.2) is 20.9 Å². The van der Waals surface area contributed by atoms with E-state index in [0.29, 0.717) is 11.6 Å². The molecule has 0 radical (unpaired) electrons. The fourth-order valence-electron chi connectivity index (χ4n) is 3.90. The van der Waals surface area contributed by atoms with Gasteiger partial charge in [-0.1, -0.05) is 42.5 Å². The molecule has 2 N–H and O–H groups in total. The Morgan fingerprint density at radius 1 is 1.03 bits per heavy atom. The highest BCUT2D eigenvalue weighted by Gasteiger charge is 2.15. The number of aromatic nitrogens is 3. The fraction of sp³-hybridized carbons (Fsp3) is 0.160. The number of fused-ring (bicyclic) bond motifs is 2. The van der Waals surface area contributed by atoms with Gasteiger partial charge in [0.15, 0.2) is 5.13 Å². The van der Waals surface area contributed by atoms with Gasteiger partial charge < -0.3 is 10.3 Å². The third-order valence-electron chi connectivity index (χ3n) is 5.36. The first kappa shape index (κ1) is 19.5. The number of anilines is 1. The van der Waals surface area contributed by atoms with Crippen molar-refractivity contribution in [1.29, 1.82) is 0 Å². The van der Waals surface area contributed by atoms with Gasteiger partial charge in [0.05, 0.1) is 22.6 Å². The van der Waals surface area contributed by atoms with Crippen LogP contribution in [0.1, 0.15) is 24.1 Å². The van der Waals surface area contributed by atoms with Gasteiger partial charge in [-0.3, -0.25) is 4.79 Å². The summed E-state index contributed by atoms with van der Waals surface area (Å²) in [7, 11) is 0. The molecule has 0 aliphatic carbocycles. The molecule has 5 nitrogen and oxygen atoms in total. The van der Waals surface area contributed by atoms with Crippen LogP contribution < -0.4 is 5.32 Å². The molecule has 0 spiro atoms. The maximum atomic E-state index is 12.4. The normalized spacial score (nSPS) is 11.3. The van der Waals surface area contributed by atoms with E-state index >= 15 is 0 Å². The van der Waals surface area contributed by atoms with Crippen LogP contribution in [0.3, 0.4) is 0 Å². The summed E-state index contributed by atoms with van der Waals surface area (Å²) < 4.78 is 0. The summed E-state index contributed by atoms with van der Waals surface area (Å²) in [5, 5.41) is 7.80. The molecule has 0 fully saturated rings. The Morgan fingerprint density at radius 2 is 1.87 bits per heavy atom. The number of H-pyrrole nitrogens is 1. The molecule has 0 aliphatic heterocycles. The topological polar surface area (TPSA) is 70.7 Å². The predicted octanol–water partition coefficient (Wildman–Crippen LogP) is 6.11. The first-order valence-corrected chi connectivity index (χ1v) is 11.2. The molecule has 31 heavy (non-hydrogen) atoms. The summed E-state index contributed by atoms with van der Waals surface area (Å²) >= 11 is 1.46. The average Bonchev–Trinajstić information content (AvgIpc) is 3.36. The molecule has 0 aliphatic rings. The maximum absolute atomic E-state index is 12.4. The summed E-state index contributed by atoms with van der Waals surface area (Å²) in [6.07, 6.45) is 1.99. The molecule has 6 heteroatoms. The van der Waals surface area contributed by atoms with Crippen molar-refractivity contribution in [2.24, 2.45) is 0 Å². The molecule has 1 amide bonds. The second kappa shape index (κ2) is 8.32. The van der Waals surface area contributed by atoms with Gasteiger partial charge in [-0.25, -0.2) is 9.97 Å². The molecule has 0 saturated heterocycles. The molecule has 0 atom stereocenters. The van der Waals surface area contributed by atoms with Crippen molar-refractivity contribution >= 4 is 44.2 Å². The summed E-state index contributed by atoms with van der Waals surface area (Å²) in [6, 6.07) is 20.6. The minimum atomic E-state index is -0.000397. The summed E-state index contributed by atoms with van der Waals surface area (Å²) in [6.45, 7) is 1.92. The molecule has 5 rings (SSSR count). The average molecular weight is 427 g/mol. The lowest BCUT2D eigenvalue weighted by atomic mass is 10.0. The largest absolute Gasteiger partial charge is 0.353 e. The lowest BCUT2D eigenvalue weighted by Gasteiger charge is -2.07. The van der Waals surface area contributed by atoms with Gasteiger partial charge >= 0.3 is 0 Å². The molecule has 3 heterocycles.